The molecule has 3 aromatic heterocycles. The van der Waals surface area contributed by atoms with E-state index in [0.717, 1.165) is 4.88 Å². The van der Waals surface area contributed by atoms with E-state index in [9.17, 15) is 4.79 Å². The summed E-state index contributed by atoms with van der Waals surface area (Å²) in [5.74, 6) is 1.03. The number of benzene rings is 2. The minimum atomic E-state index is -0.415. The number of aromatic nitrogens is 2. The molecule has 1 N–H and O–H groups in total. The van der Waals surface area contributed by atoms with Crippen molar-refractivity contribution < 1.29 is 13.7 Å². The molecule has 0 radical (unpaired) electrons. The molecule has 0 aliphatic carbocycles. The molecule has 0 fully saturated rings. The second-order valence-corrected chi connectivity index (χ2v) is 8.46. The summed E-state index contributed by atoms with van der Waals surface area (Å²) in [6, 6.07) is 19.4. The average molecular weight is 482 g/mol. The number of para-hydroxylation sites is 1. The number of carbonyl (C=O) groups is 1. The predicted octanol–water partition coefficient (Wildman–Crippen LogP) is 7.28. The topological polar surface area (TPSA) is 81.2 Å². The van der Waals surface area contributed by atoms with Crippen LogP contribution in [0.4, 0.5) is 5.69 Å². The van der Waals surface area contributed by atoms with E-state index >= 15 is 0 Å². The minimum Gasteiger partial charge on any atom is -0.451 e. The van der Waals surface area contributed by atoms with Gasteiger partial charge in [0.2, 0.25) is 5.82 Å². The summed E-state index contributed by atoms with van der Waals surface area (Å²) < 4.78 is 11.2. The van der Waals surface area contributed by atoms with Crippen LogP contribution >= 0.6 is 34.5 Å². The summed E-state index contributed by atoms with van der Waals surface area (Å²) in [7, 11) is 0. The highest BCUT2D eigenvalue weighted by molar-refractivity contribution is 7.13. The summed E-state index contributed by atoms with van der Waals surface area (Å²) in [6.07, 6.45) is 0. The largest absolute Gasteiger partial charge is 0.451 e. The summed E-state index contributed by atoms with van der Waals surface area (Å²) in [5, 5.41) is 9.67. The molecule has 0 aliphatic rings. The van der Waals surface area contributed by atoms with Crippen molar-refractivity contribution in [2.24, 2.45) is 0 Å². The zero-order valence-electron chi connectivity index (χ0n) is 16.2. The molecule has 0 unspecified atom stereocenters. The number of thiophene rings is 1. The first kappa shape index (κ1) is 20.5. The van der Waals surface area contributed by atoms with Crippen LogP contribution in [0.3, 0.4) is 0 Å². The Kier molecular flexibility index (Phi) is 5.53. The van der Waals surface area contributed by atoms with Gasteiger partial charge in [-0.15, -0.1) is 11.3 Å². The summed E-state index contributed by atoms with van der Waals surface area (Å²) in [4.78, 5) is 18.2. The summed E-state index contributed by atoms with van der Waals surface area (Å²) >= 11 is 13.6. The Balaban J connectivity index is 1.39. The van der Waals surface area contributed by atoms with E-state index in [2.05, 4.69) is 15.5 Å². The molecule has 3 heterocycles. The lowest BCUT2D eigenvalue weighted by Gasteiger charge is -2.07. The van der Waals surface area contributed by atoms with Crippen LogP contribution in [0.5, 0.6) is 0 Å². The predicted molar refractivity (Wildman–Crippen MR) is 125 cm³/mol. The lowest BCUT2D eigenvalue weighted by Crippen LogP contribution is -2.11. The van der Waals surface area contributed by atoms with Gasteiger partial charge in [0.25, 0.3) is 11.8 Å². The van der Waals surface area contributed by atoms with Gasteiger partial charge >= 0.3 is 0 Å². The monoisotopic (exact) mass is 481 g/mol. The molecule has 9 heteroatoms. The number of hydrogen-bond acceptors (Lipinski definition) is 6. The van der Waals surface area contributed by atoms with Gasteiger partial charge in [0.1, 0.15) is 5.76 Å². The van der Waals surface area contributed by atoms with E-state index in [0.29, 0.717) is 44.3 Å². The third-order valence-electron chi connectivity index (χ3n) is 4.61. The van der Waals surface area contributed by atoms with Crippen LogP contribution in [0, 0.1) is 0 Å². The Hall–Kier alpha value is -3.39. The van der Waals surface area contributed by atoms with E-state index in [1.807, 2.05) is 23.6 Å². The number of furan rings is 1. The number of hydrogen-bond donors (Lipinski definition) is 1. The van der Waals surface area contributed by atoms with Crippen LogP contribution in [0.25, 0.3) is 33.5 Å². The maximum atomic E-state index is 12.8. The third kappa shape index (κ3) is 4.05. The van der Waals surface area contributed by atoms with Crippen molar-refractivity contribution in [3.63, 3.8) is 0 Å². The molecule has 1 amide bonds. The van der Waals surface area contributed by atoms with E-state index < -0.39 is 5.91 Å². The van der Waals surface area contributed by atoms with Crippen molar-refractivity contribution in [3.8, 4) is 33.5 Å². The van der Waals surface area contributed by atoms with Crippen molar-refractivity contribution >= 4 is 46.1 Å². The molecule has 0 spiro atoms. The highest BCUT2D eigenvalue weighted by atomic mass is 35.5. The van der Waals surface area contributed by atoms with E-state index in [4.69, 9.17) is 32.1 Å². The lowest BCUT2D eigenvalue weighted by atomic mass is 10.1. The van der Waals surface area contributed by atoms with Gasteiger partial charge in [-0.2, -0.15) is 4.98 Å². The Labute approximate surface area is 196 Å². The second kappa shape index (κ2) is 8.63. The molecule has 0 saturated heterocycles. The Morgan fingerprint density at radius 3 is 2.66 bits per heavy atom. The molecule has 0 bridgehead atoms. The normalized spacial score (nSPS) is 10.9. The van der Waals surface area contributed by atoms with E-state index in [-0.39, 0.29) is 5.76 Å². The van der Waals surface area contributed by atoms with Gasteiger partial charge in [-0.3, -0.25) is 4.79 Å². The van der Waals surface area contributed by atoms with Crippen LogP contribution in [-0.2, 0) is 0 Å². The van der Waals surface area contributed by atoms with Gasteiger partial charge < -0.3 is 14.3 Å². The molecule has 2 aromatic carbocycles. The summed E-state index contributed by atoms with van der Waals surface area (Å²) in [6.45, 7) is 0. The van der Waals surface area contributed by atoms with E-state index in [1.165, 1.54) is 11.3 Å². The van der Waals surface area contributed by atoms with Gasteiger partial charge in [0.05, 0.1) is 26.2 Å². The molecular weight excluding hydrogens is 469 g/mol. The van der Waals surface area contributed by atoms with Gasteiger partial charge in [-0.1, -0.05) is 46.6 Å². The zero-order valence-corrected chi connectivity index (χ0v) is 18.5. The molecule has 5 aromatic rings. The fourth-order valence-corrected chi connectivity index (χ4v) is 4.01. The molecule has 32 heavy (non-hydrogen) atoms. The smallest absolute Gasteiger partial charge is 0.291 e. The number of nitrogens with one attached hydrogen (secondary N) is 1. The van der Waals surface area contributed by atoms with Crippen molar-refractivity contribution in [2.45, 2.75) is 0 Å². The Bertz CT molecular complexity index is 1410. The average Bonchev–Trinajstić information content (AvgIpc) is 3.57. The molecule has 6 nitrogen and oxygen atoms in total. The van der Waals surface area contributed by atoms with Crippen LogP contribution in [0.1, 0.15) is 10.6 Å². The maximum Gasteiger partial charge on any atom is 0.291 e. The number of amides is 1. The highest BCUT2D eigenvalue weighted by Gasteiger charge is 2.18. The zero-order chi connectivity index (χ0) is 22.1. The van der Waals surface area contributed by atoms with Crippen LogP contribution in [0.2, 0.25) is 10.0 Å². The fraction of sp³-hybridized carbons (Fsp3) is 0. The number of halogens is 2. The summed E-state index contributed by atoms with van der Waals surface area (Å²) in [5.41, 5.74) is 1.84. The number of rotatable bonds is 5. The third-order valence-corrected chi connectivity index (χ3v) is 6.21. The molecule has 5 rings (SSSR count). The number of anilines is 1. The van der Waals surface area contributed by atoms with Gasteiger partial charge in [0.15, 0.2) is 5.76 Å². The van der Waals surface area contributed by atoms with Crippen LogP contribution < -0.4 is 5.32 Å². The quantitative estimate of drug-likeness (QED) is 0.285. The first-order chi connectivity index (χ1) is 15.6. The highest BCUT2D eigenvalue weighted by Crippen LogP contribution is 2.32. The fourth-order valence-electron chi connectivity index (χ4n) is 3.07. The van der Waals surface area contributed by atoms with Crippen molar-refractivity contribution in [1.29, 1.82) is 0 Å². The van der Waals surface area contributed by atoms with Crippen molar-refractivity contribution in [1.82, 2.24) is 10.1 Å². The second-order valence-electron chi connectivity index (χ2n) is 6.69. The van der Waals surface area contributed by atoms with Crippen molar-refractivity contribution in [3.05, 3.63) is 87.9 Å². The number of nitrogens with zero attached hydrogens (tertiary/aromatic N) is 2. The molecular formula is C23H13Cl2N3O3S. The SMILES string of the molecule is O=C(Nc1ccccc1-c1nc(-c2cccs2)no1)c1ccc(-c2ccc(Cl)c(Cl)c2)o1. The van der Waals surface area contributed by atoms with Crippen LogP contribution in [-0.4, -0.2) is 16.0 Å². The number of carbonyl (C=O) groups excluding carboxylic acids is 1. The minimum absolute atomic E-state index is 0.144. The maximum absolute atomic E-state index is 12.8. The van der Waals surface area contributed by atoms with Gasteiger partial charge in [0, 0.05) is 5.56 Å². The van der Waals surface area contributed by atoms with Crippen LogP contribution in [0.15, 0.2) is 81.1 Å². The molecule has 0 aliphatic heterocycles. The van der Waals surface area contributed by atoms with Gasteiger partial charge in [-0.05, 0) is 53.9 Å². The Morgan fingerprint density at radius 1 is 0.969 bits per heavy atom. The Morgan fingerprint density at radius 2 is 1.84 bits per heavy atom. The standard InChI is InChI=1S/C23H13Cl2N3O3S/c24-15-8-7-13(12-16(15)25)18-9-10-19(30-18)22(29)26-17-5-2-1-4-14(17)23-27-21(28-31-23)20-6-3-11-32-20/h1-12H,(H,26,29). The first-order valence-electron chi connectivity index (χ1n) is 9.42. The van der Waals surface area contributed by atoms with E-state index in [1.54, 1.807) is 48.5 Å². The van der Waals surface area contributed by atoms with Gasteiger partial charge in [-0.25, -0.2) is 0 Å². The van der Waals surface area contributed by atoms with Crippen molar-refractivity contribution in [2.75, 3.05) is 5.32 Å². The molecule has 0 saturated carbocycles. The lowest BCUT2D eigenvalue weighted by molar-refractivity contribution is 0.0997. The first-order valence-corrected chi connectivity index (χ1v) is 11.1. The molecule has 0 atom stereocenters. The molecule has 158 valence electrons.